The van der Waals surface area contributed by atoms with E-state index in [0.717, 1.165) is 0 Å². The van der Waals surface area contributed by atoms with Crippen molar-refractivity contribution in [3.63, 3.8) is 0 Å². The van der Waals surface area contributed by atoms with Crippen molar-refractivity contribution in [1.82, 2.24) is 0 Å². The first-order valence-corrected chi connectivity index (χ1v) is 5.54. The Hall–Kier alpha value is -2.17. The van der Waals surface area contributed by atoms with E-state index >= 15 is 0 Å². The molecule has 0 spiro atoms. The van der Waals surface area contributed by atoms with E-state index in [4.69, 9.17) is 0 Å². The average Bonchev–Trinajstić information content (AvgIpc) is 2.64. The number of carbonyl (C=O) groups is 1. The van der Waals surface area contributed by atoms with Gasteiger partial charge in [-0.15, -0.1) is 0 Å². The van der Waals surface area contributed by atoms with Crippen LogP contribution < -0.4 is 10.2 Å². The van der Waals surface area contributed by atoms with Crippen molar-refractivity contribution in [3.8, 4) is 0 Å². The number of anilines is 1. The summed E-state index contributed by atoms with van der Waals surface area (Å²) >= 11 is 0. The summed E-state index contributed by atoms with van der Waals surface area (Å²) in [6.45, 7) is 0. The summed E-state index contributed by atoms with van der Waals surface area (Å²) in [5, 5.41) is 23.3. The highest BCUT2D eigenvalue weighted by Crippen LogP contribution is 2.39. The fourth-order valence-electron chi connectivity index (χ4n) is 2.22. The number of hydroxylamine groups is 1. The monoisotopic (exact) mass is 240 g/mol. The van der Waals surface area contributed by atoms with Crippen LogP contribution in [0.2, 0.25) is 0 Å². The van der Waals surface area contributed by atoms with E-state index in [9.17, 15) is 15.1 Å². The van der Waals surface area contributed by atoms with Gasteiger partial charge in [-0.25, -0.2) is 0 Å². The molecule has 1 atom stereocenters. The number of ketones is 1. The van der Waals surface area contributed by atoms with Gasteiger partial charge >= 0.3 is 0 Å². The minimum atomic E-state index is -2.29. The molecule has 4 nitrogen and oxygen atoms in total. The molecule has 0 amide bonds. The number of Topliss-reactive ketones (excluding diaryl/α,β-unsaturated/α-hetero) is 1. The van der Waals surface area contributed by atoms with E-state index in [1.165, 1.54) is 0 Å². The molecule has 1 aliphatic rings. The summed E-state index contributed by atoms with van der Waals surface area (Å²) in [7, 11) is 0. The van der Waals surface area contributed by atoms with Gasteiger partial charge in [0, 0.05) is 5.56 Å². The number of benzene rings is 2. The van der Waals surface area contributed by atoms with Crippen LogP contribution in [0.5, 0.6) is 0 Å². The smallest absolute Gasteiger partial charge is 0.181 e. The maximum absolute atomic E-state index is 12.7. The zero-order valence-corrected chi connectivity index (χ0v) is 9.41. The molecule has 1 heterocycles. The summed E-state index contributed by atoms with van der Waals surface area (Å²) in [5.74, 6) is -0.633. The largest absolute Gasteiger partial charge is 0.822 e. The molecule has 0 bridgehead atoms. The maximum atomic E-state index is 12.7. The summed E-state index contributed by atoms with van der Waals surface area (Å²) in [6.07, 6.45) is 0. The summed E-state index contributed by atoms with van der Waals surface area (Å²) in [5.41, 5.74) is -1.56. The predicted octanol–water partition coefficient (Wildman–Crippen LogP) is 1.29. The Bertz CT molecular complexity index is 611. The lowest BCUT2D eigenvalue weighted by atomic mass is 9.97. The molecule has 0 fully saturated rings. The zero-order valence-electron chi connectivity index (χ0n) is 9.41. The quantitative estimate of drug-likeness (QED) is 0.815. The number of carbonyl (C=O) groups excluding carboxylic acids is 1. The molecule has 18 heavy (non-hydrogen) atoms. The molecule has 0 radical (unpaired) electrons. The lowest BCUT2D eigenvalue weighted by molar-refractivity contribution is -0.471. The van der Waals surface area contributed by atoms with Gasteiger partial charge in [0.15, 0.2) is 5.78 Å². The normalized spacial score (nSPS) is 22.1. The van der Waals surface area contributed by atoms with Crippen LogP contribution in [-0.2, 0) is 5.72 Å². The van der Waals surface area contributed by atoms with Crippen LogP contribution in [0.1, 0.15) is 15.9 Å². The van der Waals surface area contributed by atoms with Crippen molar-refractivity contribution in [2.24, 2.45) is 0 Å². The molecule has 90 valence electrons. The van der Waals surface area contributed by atoms with Gasteiger partial charge in [-0.3, -0.25) is 15.1 Å². The van der Waals surface area contributed by atoms with Crippen LogP contribution in [-0.4, -0.2) is 11.0 Å². The van der Waals surface area contributed by atoms with Gasteiger partial charge in [0.25, 0.3) is 0 Å². The number of hydrogen-bond donors (Lipinski definition) is 1. The van der Waals surface area contributed by atoms with Crippen molar-refractivity contribution in [2.45, 2.75) is 5.72 Å². The SMILES string of the molecule is O=C1c2ccccc2N(O)C1([O-])c1ccccc1. The van der Waals surface area contributed by atoms with E-state index in [1.54, 1.807) is 54.6 Å². The van der Waals surface area contributed by atoms with Gasteiger partial charge < -0.3 is 5.11 Å². The van der Waals surface area contributed by atoms with Gasteiger partial charge in [0.05, 0.1) is 11.4 Å². The number of rotatable bonds is 1. The first-order valence-electron chi connectivity index (χ1n) is 5.54. The number of fused-ring (bicyclic) bond motifs is 1. The highest BCUT2D eigenvalue weighted by atomic mass is 16.5. The summed E-state index contributed by atoms with van der Waals surface area (Å²) in [4.78, 5) is 12.2. The third-order valence-corrected chi connectivity index (χ3v) is 3.15. The fraction of sp³-hybridized carbons (Fsp3) is 0.0714. The molecule has 3 rings (SSSR count). The van der Waals surface area contributed by atoms with Gasteiger partial charge in [0.2, 0.25) is 0 Å². The third-order valence-electron chi connectivity index (χ3n) is 3.15. The Morgan fingerprint density at radius 2 is 1.61 bits per heavy atom. The van der Waals surface area contributed by atoms with Crippen molar-refractivity contribution in [2.75, 3.05) is 5.06 Å². The molecule has 1 unspecified atom stereocenters. The summed E-state index contributed by atoms with van der Waals surface area (Å²) < 4.78 is 0. The summed E-state index contributed by atoms with van der Waals surface area (Å²) in [6, 6.07) is 14.6. The average molecular weight is 240 g/mol. The first kappa shape index (κ1) is 11.0. The second-order valence-corrected chi connectivity index (χ2v) is 4.17. The number of hydrogen-bond acceptors (Lipinski definition) is 4. The van der Waals surface area contributed by atoms with Gasteiger partial charge in [0.1, 0.15) is 0 Å². The van der Waals surface area contributed by atoms with Crippen LogP contribution >= 0.6 is 0 Å². The molecule has 2 aromatic rings. The van der Waals surface area contributed by atoms with E-state index < -0.39 is 11.5 Å². The third kappa shape index (κ3) is 1.24. The van der Waals surface area contributed by atoms with Crippen molar-refractivity contribution in [1.29, 1.82) is 0 Å². The first-order chi connectivity index (χ1) is 8.65. The van der Waals surface area contributed by atoms with Crippen LogP contribution in [0.15, 0.2) is 54.6 Å². The fourth-order valence-corrected chi connectivity index (χ4v) is 2.22. The topological polar surface area (TPSA) is 63.6 Å². The predicted molar refractivity (Wildman–Crippen MR) is 63.2 cm³/mol. The van der Waals surface area contributed by atoms with E-state index in [0.29, 0.717) is 5.06 Å². The lowest BCUT2D eigenvalue weighted by Crippen LogP contribution is -2.56. The van der Waals surface area contributed by atoms with Gasteiger partial charge in [-0.05, 0) is 17.7 Å². The van der Waals surface area contributed by atoms with Crippen molar-refractivity contribution >= 4 is 11.5 Å². The number of para-hydroxylation sites is 1. The van der Waals surface area contributed by atoms with Crippen LogP contribution in [0.25, 0.3) is 0 Å². The second-order valence-electron chi connectivity index (χ2n) is 4.17. The lowest BCUT2D eigenvalue weighted by Gasteiger charge is -2.40. The van der Waals surface area contributed by atoms with E-state index in [1.807, 2.05) is 0 Å². The molecular formula is C14H10NO3-. The van der Waals surface area contributed by atoms with Crippen LogP contribution in [0.4, 0.5) is 5.69 Å². The number of nitrogens with zero attached hydrogens (tertiary/aromatic N) is 1. The highest BCUT2D eigenvalue weighted by molar-refractivity contribution is 6.12. The molecule has 1 aliphatic heterocycles. The Morgan fingerprint density at radius 3 is 2.28 bits per heavy atom. The van der Waals surface area contributed by atoms with Crippen molar-refractivity contribution in [3.05, 3.63) is 65.7 Å². The molecule has 0 aromatic heterocycles. The Kier molecular flexibility index (Phi) is 2.23. The molecule has 2 aromatic carbocycles. The molecule has 0 saturated carbocycles. The van der Waals surface area contributed by atoms with E-state index in [2.05, 4.69) is 0 Å². The van der Waals surface area contributed by atoms with Crippen molar-refractivity contribution < 1.29 is 15.1 Å². The molecular weight excluding hydrogens is 230 g/mol. The van der Waals surface area contributed by atoms with Crippen LogP contribution in [0, 0.1) is 0 Å². The minimum absolute atomic E-state index is 0.230. The van der Waals surface area contributed by atoms with E-state index in [-0.39, 0.29) is 16.8 Å². The maximum Gasteiger partial charge on any atom is 0.181 e. The molecule has 1 N–H and O–H groups in total. The molecule has 0 aliphatic carbocycles. The second kappa shape index (κ2) is 3.66. The van der Waals surface area contributed by atoms with Crippen LogP contribution in [0.3, 0.4) is 0 Å². The zero-order chi connectivity index (χ0) is 12.8. The Balaban J connectivity index is 2.20. The Morgan fingerprint density at radius 1 is 1.00 bits per heavy atom. The molecule has 0 saturated heterocycles. The molecule has 4 heteroatoms. The minimum Gasteiger partial charge on any atom is -0.822 e. The van der Waals surface area contributed by atoms with Gasteiger partial charge in [-0.2, -0.15) is 0 Å². The van der Waals surface area contributed by atoms with Gasteiger partial charge in [-0.1, -0.05) is 42.5 Å². The standard InChI is InChI=1S/C14H10NO3/c16-13-11-8-4-5-9-12(11)15(18)14(13,17)10-6-2-1-3-7-10/h1-9,18H/q-1. The Labute approximate surface area is 104 Å². The highest BCUT2D eigenvalue weighted by Gasteiger charge is 2.43.